The minimum absolute atomic E-state index is 0.115. The Hall–Kier alpha value is -1.35. The normalized spacial score (nSPS) is 12.8. The minimum Gasteiger partial charge on any atom is -0.381 e. The first-order valence-electron chi connectivity index (χ1n) is 5.79. The molecule has 19 heavy (non-hydrogen) atoms. The van der Waals surface area contributed by atoms with Crippen LogP contribution in [0.25, 0.3) is 0 Å². The van der Waals surface area contributed by atoms with Crippen LogP contribution in [0.2, 0.25) is 0 Å². The summed E-state index contributed by atoms with van der Waals surface area (Å²) in [4.78, 5) is 0. The van der Waals surface area contributed by atoms with Crippen molar-refractivity contribution in [1.29, 1.82) is 5.26 Å². The number of alkyl halides is 3. The second-order valence-corrected chi connectivity index (χ2v) is 4.99. The maximum atomic E-state index is 12.8. The number of hydrogen-bond acceptors (Lipinski definition) is 3. The minimum atomic E-state index is -4.51. The second kappa shape index (κ2) is 6.71. The molecule has 1 aromatic carbocycles. The Morgan fingerprint density at radius 1 is 1.42 bits per heavy atom. The molecular weight excluding hydrogens is 273 g/mol. The fourth-order valence-corrected chi connectivity index (χ4v) is 2.39. The summed E-state index contributed by atoms with van der Waals surface area (Å²) in [5, 5.41) is 11.8. The third-order valence-corrected chi connectivity index (χ3v) is 3.41. The Kier molecular flexibility index (Phi) is 5.55. The molecule has 0 aliphatic rings. The number of nitrogens with one attached hydrogen (secondary N) is 1. The van der Waals surface area contributed by atoms with Crippen molar-refractivity contribution in [3.05, 3.63) is 29.3 Å². The molecule has 1 unspecified atom stereocenters. The molecule has 1 N–H and O–H groups in total. The zero-order chi connectivity index (χ0) is 14.5. The van der Waals surface area contributed by atoms with E-state index in [1.54, 1.807) is 17.8 Å². The van der Waals surface area contributed by atoms with Crippen molar-refractivity contribution in [3.8, 4) is 6.07 Å². The molecule has 6 heteroatoms. The topological polar surface area (TPSA) is 35.8 Å². The molecule has 1 rings (SSSR count). The van der Waals surface area contributed by atoms with Gasteiger partial charge in [-0.1, -0.05) is 6.92 Å². The fourth-order valence-electron chi connectivity index (χ4n) is 1.66. The van der Waals surface area contributed by atoms with E-state index in [4.69, 9.17) is 5.26 Å². The van der Waals surface area contributed by atoms with E-state index in [0.29, 0.717) is 5.69 Å². The molecule has 0 amide bonds. The van der Waals surface area contributed by atoms with E-state index in [0.717, 1.165) is 18.2 Å². The number of nitrogens with zero attached hydrogens (tertiary/aromatic N) is 1. The van der Waals surface area contributed by atoms with Gasteiger partial charge in [-0.15, -0.1) is 0 Å². The summed E-state index contributed by atoms with van der Waals surface area (Å²) >= 11 is 1.63. The third-order valence-electron chi connectivity index (χ3n) is 2.68. The Balaban J connectivity index is 3.02. The van der Waals surface area contributed by atoms with Gasteiger partial charge in [0.2, 0.25) is 0 Å². The van der Waals surface area contributed by atoms with E-state index >= 15 is 0 Å². The standard InChI is InChI=1S/C13H15F3N2S/c1-3-10(8-19-2)18-11-5-4-9(7-17)12(6-11)13(14,15)16/h4-6,10,18H,3,8H2,1-2H3. The van der Waals surface area contributed by atoms with Gasteiger partial charge in [0.05, 0.1) is 17.2 Å². The van der Waals surface area contributed by atoms with E-state index in [1.165, 1.54) is 12.1 Å². The zero-order valence-electron chi connectivity index (χ0n) is 10.7. The van der Waals surface area contributed by atoms with Gasteiger partial charge in [-0.2, -0.15) is 30.2 Å². The summed E-state index contributed by atoms with van der Waals surface area (Å²) < 4.78 is 38.4. The van der Waals surface area contributed by atoms with Gasteiger partial charge >= 0.3 is 6.18 Å². The maximum absolute atomic E-state index is 12.8. The lowest BCUT2D eigenvalue weighted by Gasteiger charge is -2.18. The SMILES string of the molecule is CCC(CSC)Nc1ccc(C#N)c(C(F)(F)F)c1. The summed E-state index contributed by atoms with van der Waals surface area (Å²) in [5.41, 5.74) is -0.845. The second-order valence-electron chi connectivity index (χ2n) is 4.07. The van der Waals surface area contributed by atoms with Crippen molar-refractivity contribution >= 4 is 17.4 Å². The number of halogens is 3. The van der Waals surface area contributed by atoms with Crippen LogP contribution in [0, 0.1) is 11.3 Å². The number of anilines is 1. The quantitative estimate of drug-likeness (QED) is 0.885. The lowest BCUT2D eigenvalue weighted by atomic mass is 10.1. The molecule has 1 atom stereocenters. The van der Waals surface area contributed by atoms with E-state index in [2.05, 4.69) is 5.32 Å². The summed E-state index contributed by atoms with van der Waals surface area (Å²) in [6.07, 6.45) is -1.74. The molecule has 0 heterocycles. The van der Waals surface area contributed by atoms with E-state index in [9.17, 15) is 13.2 Å². The first kappa shape index (κ1) is 15.7. The van der Waals surface area contributed by atoms with Gasteiger partial charge in [-0.3, -0.25) is 0 Å². The largest absolute Gasteiger partial charge is 0.417 e. The number of benzene rings is 1. The summed E-state index contributed by atoms with van der Waals surface area (Å²) in [5.74, 6) is 0.817. The molecule has 0 spiro atoms. The number of hydrogen-bond donors (Lipinski definition) is 1. The average molecular weight is 288 g/mol. The Morgan fingerprint density at radius 2 is 2.11 bits per heavy atom. The average Bonchev–Trinajstić information content (AvgIpc) is 2.37. The smallest absolute Gasteiger partial charge is 0.381 e. The first-order valence-corrected chi connectivity index (χ1v) is 7.18. The van der Waals surface area contributed by atoms with Crippen LogP contribution in [-0.2, 0) is 6.18 Å². The van der Waals surface area contributed by atoms with Gasteiger partial charge in [-0.05, 0) is 30.9 Å². The van der Waals surface area contributed by atoms with Crippen LogP contribution in [0.4, 0.5) is 18.9 Å². The van der Waals surface area contributed by atoms with Crippen LogP contribution in [0.15, 0.2) is 18.2 Å². The van der Waals surface area contributed by atoms with Gasteiger partial charge in [0.15, 0.2) is 0 Å². The van der Waals surface area contributed by atoms with Crippen molar-refractivity contribution in [2.75, 3.05) is 17.3 Å². The Morgan fingerprint density at radius 3 is 2.58 bits per heavy atom. The molecule has 2 nitrogen and oxygen atoms in total. The summed E-state index contributed by atoms with van der Waals surface area (Å²) in [7, 11) is 0. The molecule has 0 radical (unpaired) electrons. The van der Waals surface area contributed by atoms with Gasteiger partial charge < -0.3 is 5.32 Å². The molecule has 0 aliphatic heterocycles. The molecule has 0 aromatic heterocycles. The fraction of sp³-hybridized carbons (Fsp3) is 0.462. The summed E-state index contributed by atoms with van der Waals surface area (Å²) in [6.45, 7) is 1.97. The lowest BCUT2D eigenvalue weighted by molar-refractivity contribution is -0.137. The monoisotopic (exact) mass is 288 g/mol. The predicted molar refractivity (Wildman–Crippen MR) is 72.2 cm³/mol. The molecule has 0 bridgehead atoms. The van der Waals surface area contributed by atoms with E-state index in [-0.39, 0.29) is 11.6 Å². The van der Waals surface area contributed by atoms with Gasteiger partial charge in [-0.25, -0.2) is 0 Å². The van der Waals surface area contributed by atoms with Crippen molar-refractivity contribution in [3.63, 3.8) is 0 Å². The molecule has 0 fully saturated rings. The van der Waals surface area contributed by atoms with Gasteiger partial charge in [0.25, 0.3) is 0 Å². The predicted octanol–water partition coefficient (Wildman–Crippen LogP) is 4.13. The molecular formula is C13H15F3N2S. The number of nitriles is 1. The third kappa shape index (κ3) is 4.35. The van der Waals surface area contributed by atoms with Crippen LogP contribution in [0.3, 0.4) is 0 Å². The van der Waals surface area contributed by atoms with Crippen LogP contribution >= 0.6 is 11.8 Å². The highest BCUT2D eigenvalue weighted by molar-refractivity contribution is 7.98. The highest BCUT2D eigenvalue weighted by atomic mass is 32.2. The first-order chi connectivity index (χ1) is 8.92. The molecule has 0 saturated carbocycles. The zero-order valence-corrected chi connectivity index (χ0v) is 11.5. The van der Waals surface area contributed by atoms with Crippen LogP contribution in [-0.4, -0.2) is 18.1 Å². The maximum Gasteiger partial charge on any atom is 0.417 e. The van der Waals surface area contributed by atoms with Crippen LogP contribution in [0.1, 0.15) is 24.5 Å². The number of rotatable bonds is 5. The van der Waals surface area contributed by atoms with Crippen molar-refractivity contribution in [2.24, 2.45) is 0 Å². The molecule has 1 aromatic rings. The van der Waals surface area contributed by atoms with E-state index in [1.807, 2.05) is 13.2 Å². The van der Waals surface area contributed by atoms with Gasteiger partial charge in [0.1, 0.15) is 0 Å². The highest BCUT2D eigenvalue weighted by Crippen LogP contribution is 2.33. The summed E-state index contributed by atoms with van der Waals surface area (Å²) in [6, 6.07) is 5.40. The highest BCUT2D eigenvalue weighted by Gasteiger charge is 2.33. The van der Waals surface area contributed by atoms with Crippen molar-refractivity contribution in [2.45, 2.75) is 25.6 Å². The molecule has 0 aliphatic carbocycles. The van der Waals surface area contributed by atoms with Crippen molar-refractivity contribution in [1.82, 2.24) is 0 Å². The molecule has 104 valence electrons. The number of thioether (sulfide) groups is 1. The molecule has 0 saturated heterocycles. The van der Waals surface area contributed by atoms with Crippen LogP contribution in [0.5, 0.6) is 0 Å². The van der Waals surface area contributed by atoms with E-state index < -0.39 is 11.7 Å². The van der Waals surface area contributed by atoms with Crippen molar-refractivity contribution < 1.29 is 13.2 Å². The van der Waals surface area contributed by atoms with Crippen LogP contribution < -0.4 is 5.32 Å². The lowest BCUT2D eigenvalue weighted by Crippen LogP contribution is -2.21. The van der Waals surface area contributed by atoms with Gasteiger partial charge in [0, 0.05) is 17.5 Å². The Bertz CT molecular complexity index is 466. The Labute approximate surface area is 115 Å².